The quantitative estimate of drug-likeness (QED) is 0.662. The molecule has 2 atom stereocenters. The molecule has 0 bridgehead atoms. The van der Waals surface area contributed by atoms with Crippen LogP contribution in [0.5, 0.6) is 0 Å². The summed E-state index contributed by atoms with van der Waals surface area (Å²) in [7, 11) is 0. The van der Waals surface area contributed by atoms with Gasteiger partial charge in [-0.3, -0.25) is 0 Å². The normalized spacial score (nSPS) is 36.5. The van der Waals surface area contributed by atoms with E-state index in [1.807, 2.05) is 0 Å². The molecule has 0 N–H and O–H groups in total. The van der Waals surface area contributed by atoms with Gasteiger partial charge in [0.15, 0.2) is 0 Å². The van der Waals surface area contributed by atoms with Crippen LogP contribution in [0, 0.1) is 11.3 Å². The Kier molecular flexibility index (Phi) is 4.20. The molecule has 3 aliphatic rings. The molecule has 3 saturated carbocycles. The molecule has 0 heterocycles. The van der Waals surface area contributed by atoms with Gasteiger partial charge in [-0.15, -0.1) is 11.6 Å². The van der Waals surface area contributed by atoms with Gasteiger partial charge in [0.05, 0.1) is 6.10 Å². The van der Waals surface area contributed by atoms with Gasteiger partial charge in [0.25, 0.3) is 0 Å². The molecule has 104 valence electrons. The van der Waals surface area contributed by atoms with E-state index in [-0.39, 0.29) is 0 Å². The minimum Gasteiger partial charge on any atom is -0.377 e. The zero-order valence-corrected chi connectivity index (χ0v) is 12.3. The second-order valence-corrected chi connectivity index (χ2v) is 7.35. The predicted octanol–water partition coefficient (Wildman–Crippen LogP) is 4.91. The van der Waals surface area contributed by atoms with Crippen molar-refractivity contribution in [2.45, 2.75) is 82.1 Å². The number of ether oxygens (including phenoxy) is 1. The lowest BCUT2D eigenvalue weighted by Gasteiger charge is -2.55. The molecule has 0 aromatic heterocycles. The van der Waals surface area contributed by atoms with Crippen LogP contribution in [0.2, 0.25) is 0 Å². The number of hydrogen-bond donors (Lipinski definition) is 0. The smallest absolute Gasteiger partial charge is 0.0659 e. The van der Waals surface area contributed by atoms with Crippen LogP contribution in [0.3, 0.4) is 0 Å². The predicted molar refractivity (Wildman–Crippen MR) is 76.1 cm³/mol. The fourth-order valence-electron chi connectivity index (χ4n) is 4.38. The van der Waals surface area contributed by atoms with E-state index in [0.717, 1.165) is 18.9 Å². The lowest BCUT2D eigenvalue weighted by atomic mass is 9.58. The van der Waals surface area contributed by atoms with Crippen molar-refractivity contribution in [1.29, 1.82) is 0 Å². The summed E-state index contributed by atoms with van der Waals surface area (Å²) in [5, 5.41) is 0.397. The molecular formula is C16H27ClO. The van der Waals surface area contributed by atoms with E-state index in [4.69, 9.17) is 16.3 Å². The highest BCUT2D eigenvalue weighted by Gasteiger charge is 2.54. The number of hydrogen-bond acceptors (Lipinski definition) is 1. The van der Waals surface area contributed by atoms with Crippen LogP contribution in [-0.2, 0) is 4.74 Å². The Bertz CT molecular complexity index is 266. The molecule has 1 spiro atoms. The van der Waals surface area contributed by atoms with Crippen molar-refractivity contribution in [2.24, 2.45) is 11.3 Å². The van der Waals surface area contributed by atoms with Gasteiger partial charge in [-0.25, -0.2) is 0 Å². The van der Waals surface area contributed by atoms with Crippen LogP contribution in [0.15, 0.2) is 0 Å². The second-order valence-electron chi connectivity index (χ2n) is 6.82. The minimum absolute atomic E-state index is 0.370. The molecule has 3 fully saturated rings. The van der Waals surface area contributed by atoms with E-state index in [1.54, 1.807) is 0 Å². The second kappa shape index (κ2) is 5.71. The maximum atomic E-state index is 6.52. The van der Waals surface area contributed by atoms with Crippen molar-refractivity contribution in [2.75, 3.05) is 6.61 Å². The van der Waals surface area contributed by atoms with E-state index in [1.165, 1.54) is 64.2 Å². The van der Waals surface area contributed by atoms with Crippen molar-refractivity contribution in [3.8, 4) is 0 Å². The molecule has 3 rings (SSSR count). The Balaban J connectivity index is 1.50. The number of alkyl halides is 1. The van der Waals surface area contributed by atoms with Crippen LogP contribution in [0.4, 0.5) is 0 Å². The third-order valence-electron chi connectivity index (χ3n) is 5.73. The molecule has 2 unspecified atom stereocenters. The zero-order chi connectivity index (χ0) is 12.4. The first-order chi connectivity index (χ1) is 8.81. The van der Waals surface area contributed by atoms with Crippen LogP contribution in [0.25, 0.3) is 0 Å². The summed E-state index contributed by atoms with van der Waals surface area (Å²) < 4.78 is 6.30. The summed E-state index contributed by atoms with van der Waals surface area (Å²) in [4.78, 5) is 0. The van der Waals surface area contributed by atoms with Gasteiger partial charge in [-0.05, 0) is 38.0 Å². The lowest BCUT2D eigenvalue weighted by Crippen LogP contribution is -2.57. The topological polar surface area (TPSA) is 9.23 Å². The van der Waals surface area contributed by atoms with Gasteiger partial charge in [-0.2, -0.15) is 0 Å². The molecule has 3 aliphatic carbocycles. The summed E-state index contributed by atoms with van der Waals surface area (Å²) in [6, 6.07) is 0. The summed E-state index contributed by atoms with van der Waals surface area (Å²) in [5.74, 6) is 0.841. The summed E-state index contributed by atoms with van der Waals surface area (Å²) >= 11 is 6.52. The summed E-state index contributed by atoms with van der Waals surface area (Å²) in [6.07, 6.45) is 15.4. The Morgan fingerprint density at radius 2 is 1.61 bits per heavy atom. The van der Waals surface area contributed by atoms with E-state index in [9.17, 15) is 0 Å². The van der Waals surface area contributed by atoms with Crippen molar-refractivity contribution in [3.05, 3.63) is 0 Å². The highest BCUT2D eigenvalue weighted by Crippen LogP contribution is 2.55. The SMILES string of the molecule is ClC1CC(OCC2CCCCC2)C12CCCCC2. The Morgan fingerprint density at radius 3 is 2.28 bits per heavy atom. The zero-order valence-electron chi connectivity index (χ0n) is 11.5. The first-order valence-electron chi connectivity index (χ1n) is 8.07. The van der Waals surface area contributed by atoms with Gasteiger partial charge >= 0.3 is 0 Å². The van der Waals surface area contributed by atoms with Gasteiger partial charge < -0.3 is 4.74 Å². The molecule has 2 heteroatoms. The highest BCUT2D eigenvalue weighted by atomic mass is 35.5. The molecule has 0 aliphatic heterocycles. The van der Waals surface area contributed by atoms with Gasteiger partial charge in [0.1, 0.15) is 0 Å². The molecular weight excluding hydrogens is 244 g/mol. The fourth-order valence-corrected chi connectivity index (χ4v) is 4.90. The molecule has 0 saturated heterocycles. The monoisotopic (exact) mass is 270 g/mol. The Morgan fingerprint density at radius 1 is 0.944 bits per heavy atom. The summed E-state index contributed by atoms with van der Waals surface area (Å²) in [5.41, 5.74) is 0.370. The Hall–Kier alpha value is 0.250. The largest absolute Gasteiger partial charge is 0.377 e. The molecule has 0 radical (unpaired) electrons. The molecule has 0 aromatic rings. The van der Waals surface area contributed by atoms with Crippen LogP contribution in [-0.4, -0.2) is 18.1 Å². The third kappa shape index (κ3) is 2.45. The molecule has 0 amide bonds. The van der Waals surface area contributed by atoms with Gasteiger partial charge in [0, 0.05) is 17.4 Å². The molecule has 1 nitrogen and oxygen atoms in total. The van der Waals surface area contributed by atoms with Crippen molar-refractivity contribution in [3.63, 3.8) is 0 Å². The van der Waals surface area contributed by atoms with Crippen molar-refractivity contribution in [1.82, 2.24) is 0 Å². The first kappa shape index (κ1) is 13.2. The van der Waals surface area contributed by atoms with E-state index in [0.29, 0.717) is 16.9 Å². The van der Waals surface area contributed by atoms with Gasteiger partial charge in [0.2, 0.25) is 0 Å². The van der Waals surface area contributed by atoms with Crippen molar-refractivity contribution >= 4 is 11.6 Å². The Labute approximate surface area is 117 Å². The van der Waals surface area contributed by atoms with Crippen LogP contribution >= 0.6 is 11.6 Å². The average Bonchev–Trinajstić information content (AvgIpc) is 2.45. The standard InChI is InChI=1S/C16H27ClO/c17-14-11-15(16(14)9-5-2-6-10-16)18-12-13-7-3-1-4-8-13/h13-15H,1-12H2. The lowest BCUT2D eigenvalue weighted by molar-refractivity contribution is -0.133. The van der Waals surface area contributed by atoms with E-state index >= 15 is 0 Å². The van der Waals surface area contributed by atoms with Crippen LogP contribution in [0.1, 0.15) is 70.6 Å². The number of rotatable bonds is 3. The van der Waals surface area contributed by atoms with E-state index in [2.05, 4.69) is 0 Å². The average molecular weight is 271 g/mol. The van der Waals surface area contributed by atoms with Crippen molar-refractivity contribution < 1.29 is 4.74 Å². The fraction of sp³-hybridized carbons (Fsp3) is 1.00. The maximum Gasteiger partial charge on any atom is 0.0659 e. The molecule has 0 aromatic carbocycles. The third-order valence-corrected chi connectivity index (χ3v) is 6.34. The minimum atomic E-state index is 0.370. The number of halogens is 1. The highest BCUT2D eigenvalue weighted by molar-refractivity contribution is 6.21. The summed E-state index contributed by atoms with van der Waals surface area (Å²) in [6.45, 7) is 1.01. The first-order valence-corrected chi connectivity index (χ1v) is 8.50. The van der Waals surface area contributed by atoms with Crippen LogP contribution < -0.4 is 0 Å². The van der Waals surface area contributed by atoms with Gasteiger partial charge in [-0.1, -0.05) is 38.5 Å². The maximum absolute atomic E-state index is 6.52. The van der Waals surface area contributed by atoms with E-state index < -0.39 is 0 Å². The molecule has 18 heavy (non-hydrogen) atoms.